The van der Waals surface area contributed by atoms with Crippen LogP contribution in [-0.2, 0) is 9.59 Å². The molecule has 1 fully saturated rings. The predicted octanol–water partition coefficient (Wildman–Crippen LogP) is 2.27. The maximum absolute atomic E-state index is 12.6. The van der Waals surface area contributed by atoms with E-state index in [0.717, 1.165) is 12.0 Å². The van der Waals surface area contributed by atoms with Crippen LogP contribution in [-0.4, -0.2) is 41.5 Å². The van der Waals surface area contributed by atoms with Gasteiger partial charge in [-0.1, -0.05) is 37.3 Å². The number of carbonyl (C=O) groups excluding carboxylic acids is 2. The molecular weight excluding hydrogens is 304 g/mol. The Morgan fingerprint density at radius 2 is 1.92 bits per heavy atom. The van der Waals surface area contributed by atoms with Crippen molar-refractivity contribution >= 4 is 11.8 Å². The molecule has 132 valence electrons. The first-order valence-corrected chi connectivity index (χ1v) is 8.89. The van der Waals surface area contributed by atoms with E-state index in [2.05, 4.69) is 5.32 Å². The highest BCUT2D eigenvalue weighted by Crippen LogP contribution is 2.22. The van der Waals surface area contributed by atoms with Crippen LogP contribution < -0.4 is 5.32 Å². The number of likely N-dealkylation sites (tertiary alicyclic amines) is 1. The maximum atomic E-state index is 12.6. The molecule has 1 saturated heterocycles. The second kappa shape index (κ2) is 9.42. The van der Waals surface area contributed by atoms with Crippen LogP contribution in [0.25, 0.3) is 0 Å². The van der Waals surface area contributed by atoms with Gasteiger partial charge in [-0.2, -0.15) is 0 Å². The van der Waals surface area contributed by atoms with Gasteiger partial charge >= 0.3 is 0 Å². The van der Waals surface area contributed by atoms with Crippen molar-refractivity contribution in [2.75, 3.05) is 19.7 Å². The van der Waals surface area contributed by atoms with Gasteiger partial charge in [-0.15, -0.1) is 0 Å². The van der Waals surface area contributed by atoms with Crippen molar-refractivity contribution in [3.63, 3.8) is 0 Å². The zero-order chi connectivity index (χ0) is 17.4. The standard InChI is InChI=1S/C19H28N2O3/c1-2-6-18(23)21-12-9-16(10-13-21)19(24)20-17(11-14-22)15-7-4-3-5-8-15/h3-5,7-8,16-17,22H,2,6,9-14H2,1H3,(H,20,24). The van der Waals surface area contributed by atoms with Gasteiger partial charge in [-0.25, -0.2) is 0 Å². The van der Waals surface area contributed by atoms with Gasteiger partial charge in [0.15, 0.2) is 0 Å². The van der Waals surface area contributed by atoms with Crippen molar-refractivity contribution in [1.29, 1.82) is 0 Å². The number of carbonyl (C=O) groups is 2. The molecule has 2 rings (SSSR count). The van der Waals surface area contributed by atoms with Gasteiger partial charge in [0.1, 0.15) is 0 Å². The van der Waals surface area contributed by atoms with Crippen molar-refractivity contribution in [2.45, 2.75) is 45.1 Å². The molecule has 1 aliphatic rings. The van der Waals surface area contributed by atoms with Crippen LogP contribution in [0.4, 0.5) is 0 Å². The summed E-state index contributed by atoms with van der Waals surface area (Å²) in [6, 6.07) is 9.57. The van der Waals surface area contributed by atoms with Gasteiger partial charge in [0.2, 0.25) is 11.8 Å². The second-order valence-corrected chi connectivity index (χ2v) is 6.39. The molecule has 1 atom stereocenters. The Kier molecular flexibility index (Phi) is 7.25. The van der Waals surface area contributed by atoms with E-state index in [9.17, 15) is 14.7 Å². The first kappa shape index (κ1) is 18.5. The topological polar surface area (TPSA) is 69.6 Å². The van der Waals surface area contributed by atoms with Crippen LogP contribution in [0.5, 0.6) is 0 Å². The molecule has 2 amide bonds. The molecule has 0 saturated carbocycles. The van der Waals surface area contributed by atoms with Gasteiger partial charge in [0, 0.05) is 32.0 Å². The van der Waals surface area contributed by atoms with E-state index in [-0.39, 0.29) is 30.4 Å². The fourth-order valence-corrected chi connectivity index (χ4v) is 3.19. The van der Waals surface area contributed by atoms with Crippen molar-refractivity contribution < 1.29 is 14.7 Å². The summed E-state index contributed by atoms with van der Waals surface area (Å²) in [5.41, 5.74) is 1.01. The maximum Gasteiger partial charge on any atom is 0.223 e. The highest BCUT2D eigenvalue weighted by molar-refractivity contribution is 5.80. The third-order valence-corrected chi connectivity index (χ3v) is 4.62. The number of piperidine rings is 1. The fourth-order valence-electron chi connectivity index (χ4n) is 3.19. The van der Waals surface area contributed by atoms with E-state index in [1.54, 1.807) is 0 Å². The number of aliphatic hydroxyl groups is 1. The number of benzene rings is 1. The summed E-state index contributed by atoms with van der Waals surface area (Å²) in [5.74, 6) is 0.166. The summed E-state index contributed by atoms with van der Waals surface area (Å²) in [6.07, 6.45) is 3.37. The van der Waals surface area contributed by atoms with E-state index in [1.807, 2.05) is 42.2 Å². The lowest BCUT2D eigenvalue weighted by atomic mass is 9.94. The Labute approximate surface area is 144 Å². The number of rotatable bonds is 7. The average Bonchev–Trinajstić information content (AvgIpc) is 2.62. The molecule has 0 spiro atoms. The first-order chi connectivity index (χ1) is 11.7. The minimum Gasteiger partial charge on any atom is -0.396 e. The van der Waals surface area contributed by atoms with Gasteiger partial charge in [0.05, 0.1) is 6.04 Å². The lowest BCUT2D eigenvalue weighted by Gasteiger charge is -2.32. The molecule has 1 aromatic carbocycles. The molecule has 1 unspecified atom stereocenters. The smallest absolute Gasteiger partial charge is 0.223 e. The zero-order valence-electron chi connectivity index (χ0n) is 14.4. The molecule has 0 radical (unpaired) electrons. The van der Waals surface area contributed by atoms with Crippen LogP contribution in [0.1, 0.15) is 50.6 Å². The van der Waals surface area contributed by atoms with Gasteiger partial charge in [-0.05, 0) is 31.2 Å². The second-order valence-electron chi connectivity index (χ2n) is 6.39. The SMILES string of the molecule is CCCC(=O)N1CCC(C(=O)NC(CCO)c2ccccc2)CC1. The Morgan fingerprint density at radius 1 is 1.25 bits per heavy atom. The third kappa shape index (κ3) is 5.06. The van der Waals surface area contributed by atoms with Crippen molar-refractivity contribution in [3.05, 3.63) is 35.9 Å². The number of amides is 2. The molecule has 0 bridgehead atoms. The molecule has 0 aromatic heterocycles. The van der Waals surface area contributed by atoms with Crippen LogP contribution >= 0.6 is 0 Å². The van der Waals surface area contributed by atoms with E-state index in [0.29, 0.717) is 38.8 Å². The van der Waals surface area contributed by atoms with Crippen LogP contribution in [0.3, 0.4) is 0 Å². The number of hydrogen-bond donors (Lipinski definition) is 2. The molecule has 1 aromatic rings. The quantitative estimate of drug-likeness (QED) is 0.805. The number of nitrogens with zero attached hydrogens (tertiary/aromatic N) is 1. The first-order valence-electron chi connectivity index (χ1n) is 8.89. The molecule has 0 aliphatic carbocycles. The van der Waals surface area contributed by atoms with E-state index >= 15 is 0 Å². The average molecular weight is 332 g/mol. The Hall–Kier alpha value is -1.88. The molecule has 1 heterocycles. The van der Waals surface area contributed by atoms with E-state index in [4.69, 9.17) is 0 Å². The fraction of sp³-hybridized carbons (Fsp3) is 0.579. The highest BCUT2D eigenvalue weighted by Gasteiger charge is 2.28. The Bertz CT molecular complexity index is 525. The van der Waals surface area contributed by atoms with Crippen LogP contribution in [0.2, 0.25) is 0 Å². The predicted molar refractivity (Wildman–Crippen MR) is 93.2 cm³/mol. The Balaban J connectivity index is 1.89. The molecule has 5 nitrogen and oxygen atoms in total. The lowest BCUT2D eigenvalue weighted by Crippen LogP contribution is -2.43. The highest BCUT2D eigenvalue weighted by atomic mass is 16.3. The zero-order valence-corrected chi connectivity index (χ0v) is 14.4. The summed E-state index contributed by atoms with van der Waals surface area (Å²) >= 11 is 0. The summed E-state index contributed by atoms with van der Waals surface area (Å²) in [7, 11) is 0. The number of hydrogen-bond acceptors (Lipinski definition) is 3. The van der Waals surface area contributed by atoms with Gasteiger partial charge in [-0.3, -0.25) is 9.59 Å². The summed E-state index contributed by atoms with van der Waals surface area (Å²) in [5, 5.41) is 12.3. The van der Waals surface area contributed by atoms with Crippen molar-refractivity contribution in [2.24, 2.45) is 5.92 Å². The molecule has 1 aliphatic heterocycles. The van der Waals surface area contributed by atoms with Crippen LogP contribution in [0.15, 0.2) is 30.3 Å². The third-order valence-electron chi connectivity index (χ3n) is 4.62. The summed E-state index contributed by atoms with van der Waals surface area (Å²) in [4.78, 5) is 26.4. The summed E-state index contributed by atoms with van der Waals surface area (Å²) < 4.78 is 0. The summed E-state index contributed by atoms with van der Waals surface area (Å²) in [6.45, 7) is 3.35. The minimum atomic E-state index is -0.163. The van der Waals surface area contributed by atoms with E-state index in [1.165, 1.54) is 0 Å². The molecule has 2 N–H and O–H groups in total. The molecular formula is C19H28N2O3. The van der Waals surface area contributed by atoms with E-state index < -0.39 is 0 Å². The van der Waals surface area contributed by atoms with Crippen molar-refractivity contribution in [3.8, 4) is 0 Å². The number of nitrogens with one attached hydrogen (secondary N) is 1. The number of aliphatic hydroxyl groups excluding tert-OH is 1. The van der Waals surface area contributed by atoms with Gasteiger partial charge < -0.3 is 15.3 Å². The molecule has 5 heteroatoms. The lowest BCUT2D eigenvalue weighted by molar-refractivity contribution is -0.135. The normalized spacial score (nSPS) is 16.7. The van der Waals surface area contributed by atoms with Crippen LogP contribution in [0, 0.1) is 5.92 Å². The largest absolute Gasteiger partial charge is 0.396 e. The monoisotopic (exact) mass is 332 g/mol. The Morgan fingerprint density at radius 3 is 2.50 bits per heavy atom. The van der Waals surface area contributed by atoms with Gasteiger partial charge in [0.25, 0.3) is 0 Å². The molecule has 24 heavy (non-hydrogen) atoms. The minimum absolute atomic E-state index is 0.0277. The van der Waals surface area contributed by atoms with Crippen molar-refractivity contribution in [1.82, 2.24) is 10.2 Å².